The number of para-hydroxylation sites is 4. The summed E-state index contributed by atoms with van der Waals surface area (Å²) in [6.45, 7) is 19.4. The van der Waals surface area contributed by atoms with Crippen LogP contribution in [-0.4, -0.2) is 0 Å². The molecular formula is C78H60N2O2. The van der Waals surface area contributed by atoms with Crippen molar-refractivity contribution in [1.29, 1.82) is 0 Å². The second kappa shape index (κ2) is 16.2. The summed E-state index contributed by atoms with van der Waals surface area (Å²) in [5.74, 6) is 0. The van der Waals surface area contributed by atoms with E-state index in [1.54, 1.807) is 0 Å². The normalized spacial score (nSPS) is 15.7. The molecule has 2 aromatic heterocycles. The summed E-state index contributed by atoms with van der Waals surface area (Å²) in [6, 6.07) is 80.8. The number of anilines is 6. The molecule has 4 nitrogen and oxygen atoms in total. The third-order valence-electron chi connectivity index (χ3n) is 19.8. The van der Waals surface area contributed by atoms with Gasteiger partial charge in [-0.05, 0) is 187 Å². The average molecular weight is 1060 g/mol. The summed E-state index contributed by atoms with van der Waals surface area (Å²) in [4.78, 5) is 4.84. The van der Waals surface area contributed by atoms with Crippen molar-refractivity contribution >= 4 is 78.0 Å². The van der Waals surface area contributed by atoms with Gasteiger partial charge in [-0.15, -0.1) is 0 Å². The van der Waals surface area contributed by atoms with Crippen LogP contribution in [0.15, 0.2) is 227 Å². The van der Waals surface area contributed by atoms with Gasteiger partial charge in [-0.2, -0.15) is 0 Å². The molecule has 82 heavy (non-hydrogen) atoms. The molecule has 0 bridgehead atoms. The fraction of sp³-hybridized carbons (Fsp3) is 0.154. The minimum atomic E-state index is -0.374. The topological polar surface area (TPSA) is 32.8 Å². The Balaban J connectivity index is 0.854. The van der Waals surface area contributed by atoms with Gasteiger partial charge in [-0.1, -0.05) is 171 Å². The van der Waals surface area contributed by atoms with Crippen LogP contribution >= 0.6 is 0 Å². The van der Waals surface area contributed by atoms with E-state index in [0.29, 0.717) is 0 Å². The summed E-state index contributed by atoms with van der Waals surface area (Å²) >= 11 is 0. The molecule has 4 aliphatic carbocycles. The first kappa shape index (κ1) is 47.4. The molecule has 394 valence electrons. The summed E-state index contributed by atoms with van der Waals surface area (Å²) in [6.07, 6.45) is 0. The third kappa shape index (κ3) is 6.11. The zero-order valence-electron chi connectivity index (χ0n) is 47.5. The van der Waals surface area contributed by atoms with E-state index >= 15 is 0 Å². The summed E-state index contributed by atoms with van der Waals surface area (Å²) in [7, 11) is 0. The highest BCUT2D eigenvalue weighted by molar-refractivity contribution is 6.21. The Kier molecular flexibility index (Phi) is 9.35. The highest BCUT2D eigenvalue weighted by Crippen LogP contribution is 2.64. The largest absolute Gasteiger partial charge is 0.456 e. The van der Waals surface area contributed by atoms with Crippen molar-refractivity contribution in [1.82, 2.24) is 0 Å². The van der Waals surface area contributed by atoms with E-state index < -0.39 is 0 Å². The Labute approximate surface area is 478 Å². The van der Waals surface area contributed by atoms with Crippen molar-refractivity contribution in [2.75, 3.05) is 9.80 Å². The van der Waals surface area contributed by atoms with Gasteiger partial charge in [0.25, 0.3) is 0 Å². The molecule has 0 saturated carbocycles. The van der Waals surface area contributed by atoms with Gasteiger partial charge in [-0.3, -0.25) is 0 Å². The van der Waals surface area contributed by atoms with Gasteiger partial charge in [0.1, 0.15) is 22.3 Å². The second-order valence-corrected chi connectivity index (χ2v) is 25.6. The molecule has 0 atom stereocenters. The van der Waals surface area contributed by atoms with Crippen molar-refractivity contribution in [3.63, 3.8) is 0 Å². The van der Waals surface area contributed by atoms with Crippen LogP contribution in [0.1, 0.15) is 99.9 Å². The van der Waals surface area contributed by atoms with Gasteiger partial charge in [0, 0.05) is 82.9 Å². The van der Waals surface area contributed by atoms with E-state index in [-0.39, 0.29) is 21.7 Å². The van der Waals surface area contributed by atoms with Gasteiger partial charge in [0.2, 0.25) is 0 Å². The predicted octanol–water partition coefficient (Wildman–Crippen LogP) is 21.7. The molecule has 13 aromatic rings. The molecule has 0 unspecified atom stereocenters. The minimum absolute atomic E-state index is 0.199. The fourth-order valence-corrected chi connectivity index (χ4v) is 15.9. The lowest BCUT2D eigenvalue weighted by Crippen LogP contribution is -2.24. The van der Waals surface area contributed by atoms with E-state index in [2.05, 4.69) is 284 Å². The number of benzene rings is 11. The first-order chi connectivity index (χ1) is 39.7. The van der Waals surface area contributed by atoms with Crippen molar-refractivity contribution in [2.45, 2.75) is 77.0 Å². The van der Waals surface area contributed by atoms with Crippen LogP contribution in [0.5, 0.6) is 0 Å². The maximum atomic E-state index is 7.12. The average Bonchev–Trinajstić information content (AvgIpc) is 4.44. The molecule has 4 heteroatoms. The summed E-state index contributed by atoms with van der Waals surface area (Å²) < 4.78 is 13.6. The number of furan rings is 2. The van der Waals surface area contributed by atoms with Gasteiger partial charge in [0.15, 0.2) is 0 Å². The molecule has 0 amide bonds. The number of nitrogens with zero attached hydrogens (tertiary/aromatic N) is 2. The molecule has 0 fully saturated rings. The Hall–Kier alpha value is -9.38. The Morgan fingerprint density at radius 2 is 0.720 bits per heavy atom. The van der Waals surface area contributed by atoms with Crippen LogP contribution in [-0.2, 0) is 21.7 Å². The molecule has 0 radical (unpaired) electrons. The van der Waals surface area contributed by atoms with Crippen LogP contribution in [0.3, 0.4) is 0 Å². The Morgan fingerprint density at radius 1 is 0.268 bits per heavy atom. The van der Waals surface area contributed by atoms with Crippen molar-refractivity contribution in [2.24, 2.45) is 0 Å². The third-order valence-corrected chi connectivity index (χ3v) is 19.8. The molecule has 0 aliphatic heterocycles. The number of rotatable bonds is 6. The molecule has 0 spiro atoms. The van der Waals surface area contributed by atoms with E-state index in [1.807, 2.05) is 0 Å². The molecule has 0 N–H and O–H groups in total. The molecule has 17 rings (SSSR count). The SMILES string of the molecule is CC1(C)c2cc(N(c3ccc(N(c4ccccc4)c4ccccc4)cc3)c3ccc4c(c3)C(C)(C)c3c5c(c6c(oc7ccccc76)c3-4)-c3ccccc3C5(C)C)ccc2-c2cc3c(cc21)-c1c(ccc2oc4ccccc4c12)C3(C)C. The highest BCUT2D eigenvalue weighted by Gasteiger charge is 2.49. The van der Waals surface area contributed by atoms with Gasteiger partial charge < -0.3 is 18.6 Å². The quantitative estimate of drug-likeness (QED) is 0.166. The Bertz CT molecular complexity index is 4870. The van der Waals surface area contributed by atoms with Crippen LogP contribution < -0.4 is 9.80 Å². The maximum absolute atomic E-state index is 7.12. The lowest BCUT2D eigenvalue weighted by Gasteiger charge is -2.32. The Morgan fingerprint density at radius 3 is 1.39 bits per heavy atom. The van der Waals surface area contributed by atoms with Gasteiger partial charge in [0.05, 0.1) is 0 Å². The number of hydrogen-bond donors (Lipinski definition) is 0. The van der Waals surface area contributed by atoms with E-state index in [0.717, 1.165) is 56.5 Å². The number of fused-ring (bicyclic) bond motifs is 22. The van der Waals surface area contributed by atoms with E-state index in [9.17, 15) is 0 Å². The molecular weight excluding hydrogens is 997 g/mol. The first-order valence-electron chi connectivity index (χ1n) is 29.1. The molecule has 0 saturated heterocycles. The molecule has 11 aromatic carbocycles. The number of hydrogen-bond acceptors (Lipinski definition) is 4. The molecule has 2 heterocycles. The highest BCUT2D eigenvalue weighted by atomic mass is 16.3. The van der Waals surface area contributed by atoms with Gasteiger partial charge in [-0.25, -0.2) is 0 Å². The zero-order chi connectivity index (χ0) is 55.3. The zero-order valence-corrected chi connectivity index (χ0v) is 47.5. The lowest BCUT2D eigenvalue weighted by atomic mass is 9.72. The molecule has 4 aliphatic rings. The maximum Gasteiger partial charge on any atom is 0.144 e. The van der Waals surface area contributed by atoms with Crippen molar-refractivity contribution < 1.29 is 8.83 Å². The summed E-state index contributed by atoms with van der Waals surface area (Å²) in [5.41, 5.74) is 30.5. The minimum Gasteiger partial charge on any atom is -0.456 e. The van der Waals surface area contributed by atoms with E-state index in [1.165, 1.54) is 111 Å². The van der Waals surface area contributed by atoms with Crippen LogP contribution in [0.25, 0.3) is 88.4 Å². The lowest BCUT2D eigenvalue weighted by molar-refractivity contribution is 0.600. The van der Waals surface area contributed by atoms with Crippen molar-refractivity contribution in [3.05, 3.63) is 263 Å². The van der Waals surface area contributed by atoms with E-state index in [4.69, 9.17) is 8.83 Å². The fourth-order valence-electron chi connectivity index (χ4n) is 15.9. The van der Waals surface area contributed by atoms with Crippen LogP contribution in [0.4, 0.5) is 34.1 Å². The van der Waals surface area contributed by atoms with Crippen molar-refractivity contribution in [3.8, 4) is 44.5 Å². The monoisotopic (exact) mass is 1060 g/mol. The second-order valence-electron chi connectivity index (χ2n) is 25.6. The van der Waals surface area contributed by atoms with Crippen LogP contribution in [0, 0.1) is 0 Å². The van der Waals surface area contributed by atoms with Gasteiger partial charge >= 0.3 is 0 Å². The predicted molar refractivity (Wildman–Crippen MR) is 341 cm³/mol. The first-order valence-corrected chi connectivity index (χ1v) is 29.1. The standard InChI is InChI=1S/C78H60N2O2/c1-75(2)59-39-40-66-68(54-26-16-19-29-64(54)81-66)67(59)57-44-62-56(43-63(57)75)51-37-35-49(41-60(51)76(62,3)4)80(48-33-31-47(32-34-48)79(45-21-11-9-12-22-45)46-23-13-10-14-24-46)50-36-38-53-61(42-50)78(7,8)73-71(53)74-70(55-27-17-20-30-65(55)82-74)69-52-25-15-18-28-58(52)77(5,6)72(69)73/h9-44H,1-8H3. The smallest absolute Gasteiger partial charge is 0.144 e. The summed E-state index contributed by atoms with van der Waals surface area (Å²) in [5, 5.41) is 4.78. The van der Waals surface area contributed by atoms with Crippen LogP contribution in [0.2, 0.25) is 0 Å².